The summed E-state index contributed by atoms with van der Waals surface area (Å²) >= 11 is 0. The first-order valence-electron chi connectivity index (χ1n) is 7.73. The van der Waals surface area contributed by atoms with Crippen molar-refractivity contribution in [3.63, 3.8) is 0 Å². The van der Waals surface area contributed by atoms with Crippen molar-refractivity contribution in [3.8, 4) is 0 Å². The molecule has 0 saturated heterocycles. The average molecular weight is 310 g/mol. The van der Waals surface area contributed by atoms with Gasteiger partial charge in [-0.15, -0.1) is 0 Å². The number of nitrogens with one attached hydrogen (secondary N) is 1. The molecule has 0 amide bonds. The van der Waals surface area contributed by atoms with Gasteiger partial charge in [0, 0.05) is 6.54 Å². The molecule has 0 aliphatic rings. The third-order valence-electron chi connectivity index (χ3n) is 4.42. The molecule has 0 saturated carbocycles. The lowest BCUT2D eigenvalue weighted by molar-refractivity contribution is 0.106. The van der Waals surface area contributed by atoms with E-state index in [4.69, 9.17) is 4.43 Å². The monoisotopic (exact) mass is 309 g/mol. The minimum Gasteiger partial charge on any atom is -0.415 e. The largest absolute Gasteiger partial charge is 0.415 e. The molecule has 0 aromatic heterocycles. The van der Waals surface area contributed by atoms with Crippen molar-refractivity contribution < 1.29 is 9.53 Å². The van der Waals surface area contributed by atoms with E-state index in [0.29, 0.717) is 6.61 Å². The molecule has 120 valence electrons. The second kappa shape index (κ2) is 7.54. The first-order chi connectivity index (χ1) is 9.63. The third-order valence-corrected chi connectivity index (χ3v) is 8.92. The molecule has 1 aromatic carbocycles. The Hall–Kier alpha value is -0.683. The number of aliphatic hydroxyl groups is 1. The standard InChI is InChI=1S/C17H31NO2Si/c1-14(19)16(13-20-21(5,6)17(2,3)4)18-12-15-10-8-7-9-11-15/h7-11,14,16,18-19H,12-13H2,1-6H3. The fourth-order valence-electron chi connectivity index (χ4n) is 1.73. The van der Waals surface area contributed by atoms with Crippen molar-refractivity contribution in [2.24, 2.45) is 0 Å². The molecule has 0 aliphatic carbocycles. The van der Waals surface area contributed by atoms with Crippen LogP contribution in [0.5, 0.6) is 0 Å². The lowest BCUT2D eigenvalue weighted by atomic mass is 10.1. The molecule has 2 unspecified atom stereocenters. The minimum atomic E-state index is -1.77. The van der Waals surface area contributed by atoms with Crippen LogP contribution in [0.25, 0.3) is 0 Å². The zero-order valence-electron chi connectivity index (χ0n) is 14.3. The van der Waals surface area contributed by atoms with E-state index in [9.17, 15) is 5.11 Å². The van der Waals surface area contributed by atoms with E-state index in [0.717, 1.165) is 6.54 Å². The first kappa shape index (κ1) is 18.4. The summed E-state index contributed by atoms with van der Waals surface area (Å²) in [4.78, 5) is 0. The lowest BCUT2D eigenvalue weighted by Crippen LogP contribution is -2.48. The highest BCUT2D eigenvalue weighted by Gasteiger charge is 2.37. The van der Waals surface area contributed by atoms with E-state index >= 15 is 0 Å². The number of hydrogen-bond donors (Lipinski definition) is 2. The number of benzene rings is 1. The zero-order valence-corrected chi connectivity index (χ0v) is 15.3. The number of hydrogen-bond acceptors (Lipinski definition) is 3. The Labute approximate surface area is 130 Å². The SMILES string of the molecule is CC(O)C(CO[Si](C)(C)C(C)(C)C)NCc1ccccc1. The van der Waals surface area contributed by atoms with Crippen LogP contribution in [0.4, 0.5) is 0 Å². The molecule has 21 heavy (non-hydrogen) atoms. The average Bonchev–Trinajstić information content (AvgIpc) is 2.38. The van der Waals surface area contributed by atoms with Crippen LogP contribution in [0, 0.1) is 0 Å². The maximum Gasteiger partial charge on any atom is 0.192 e. The summed E-state index contributed by atoms with van der Waals surface area (Å²) in [6, 6.07) is 10.2. The molecule has 0 aliphatic heterocycles. The fraction of sp³-hybridized carbons (Fsp3) is 0.647. The van der Waals surface area contributed by atoms with E-state index in [1.807, 2.05) is 25.1 Å². The molecule has 0 bridgehead atoms. The van der Waals surface area contributed by atoms with Gasteiger partial charge in [-0.05, 0) is 30.6 Å². The van der Waals surface area contributed by atoms with Crippen molar-refractivity contribution in [2.45, 2.75) is 64.5 Å². The molecule has 2 atom stereocenters. The summed E-state index contributed by atoms with van der Waals surface area (Å²) in [5, 5.41) is 13.6. The van der Waals surface area contributed by atoms with Crippen LogP contribution in [-0.4, -0.2) is 32.2 Å². The molecule has 4 heteroatoms. The number of rotatable bonds is 7. The first-order valence-corrected chi connectivity index (χ1v) is 10.6. The summed E-state index contributed by atoms with van der Waals surface area (Å²) in [7, 11) is -1.77. The van der Waals surface area contributed by atoms with E-state index in [-0.39, 0.29) is 11.1 Å². The van der Waals surface area contributed by atoms with Gasteiger partial charge in [-0.3, -0.25) is 0 Å². The summed E-state index contributed by atoms with van der Waals surface area (Å²) < 4.78 is 6.22. The Morgan fingerprint density at radius 3 is 2.24 bits per heavy atom. The predicted octanol–water partition coefficient (Wildman–Crippen LogP) is 3.55. The molecule has 1 aromatic rings. The van der Waals surface area contributed by atoms with Crippen molar-refractivity contribution in [3.05, 3.63) is 35.9 Å². The maximum atomic E-state index is 9.96. The van der Waals surface area contributed by atoms with Gasteiger partial charge in [0.2, 0.25) is 0 Å². The van der Waals surface area contributed by atoms with Gasteiger partial charge in [0.15, 0.2) is 8.32 Å². The smallest absolute Gasteiger partial charge is 0.192 e. The highest BCUT2D eigenvalue weighted by atomic mass is 28.4. The molecule has 3 nitrogen and oxygen atoms in total. The van der Waals surface area contributed by atoms with E-state index in [1.165, 1.54) is 5.56 Å². The second-order valence-corrected chi connectivity index (χ2v) is 12.1. The molecular weight excluding hydrogens is 278 g/mol. The number of aliphatic hydroxyl groups excluding tert-OH is 1. The summed E-state index contributed by atoms with van der Waals surface area (Å²) in [5.74, 6) is 0. The molecule has 0 spiro atoms. The Morgan fingerprint density at radius 1 is 1.19 bits per heavy atom. The third kappa shape index (κ3) is 5.91. The molecule has 0 radical (unpaired) electrons. The van der Waals surface area contributed by atoms with Gasteiger partial charge in [-0.1, -0.05) is 51.1 Å². The van der Waals surface area contributed by atoms with Gasteiger partial charge in [0.05, 0.1) is 18.8 Å². The van der Waals surface area contributed by atoms with Gasteiger partial charge in [-0.2, -0.15) is 0 Å². The van der Waals surface area contributed by atoms with Gasteiger partial charge >= 0.3 is 0 Å². The Bertz CT molecular complexity index is 413. The highest BCUT2D eigenvalue weighted by Crippen LogP contribution is 2.36. The van der Waals surface area contributed by atoms with Crippen molar-refractivity contribution in [2.75, 3.05) is 6.61 Å². The zero-order chi connectivity index (χ0) is 16.1. The molecule has 0 heterocycles. The maximum absolute atomic E-state index is 9.96. The second-order valence-electron chi connectivity index (χ2n) is 7.28. The van der Waals surface area contributed by atoms with Gasteiger partial charge < -0.3 is 14.8 Å². The van der Waals surface area contributed by atoms with Gasteiger partial charge in [0.25, 0.3) is 0 Å². The van der Waals surface area contributed by atoms with Crippen molar-refractivity contribution in [1.82, 2.24) is 5.32 Å². The van der Waals surface area contributed by atoms with Gasteiger partial charge in [0.1, 0.15) is 0 Å². The van der Waals surface area contributed by atoms with E-state index in [2.05, 4.69) is 51.3 Å². The molecule has 2 N–H and O–H groups in total. The molecule has 0 fully saturated rings. The topological polar surface area (TPSA) is 41.5 Å². The fourth-order valence-corrected chi connectivity index (χ4v) is 2.76. The Balaban J connectivity index is 2.55. The normalized spacial score (nSPS) is 15.8. The summed E-state index contributed by atoms with van der Waals surface area (Å²) in [6.45, 7) is 14.3. The summed E-state index contributed by atoms with van der Waals surface area (Å²) in [5.41, 5.74) is 1.22. The van der Waals surface area contributed by atoms with Crippen LogP contribution in [0.3, 0.4) is 0 Å². The Morgan fingerprint density at radius 2 is 1.76 bits per heavy atom. The van der Waals surface area contributed by atoms with E-state index < -0.39 is 14.4 Å². The summed E-state index contributed by atoms with van der Waals surface area (Å²) in [6.07, 6.45) is -0.432. The van der Waals surface area contributed by atoms with Crippen LogP contribution in [0.15, 0.2) is 30.3 Å². The highest BCUT2D eigenvalue weighted by molar-refractivity contribution is 6.74. The lowest BCUT2D eigenvalue weighted by Gasteiger charge is -2.37. The van der Waals surface area contributed by atoms with E-state index in [1.54, 1.807) is 0 Å². The predicted molar refractivity (Wildman–Crippen MR) is 91.9 cm³/mol. The van der Waals surface area contributed by atoms with Crippen molar-refractivity contribution in [1.29, 1.82) is 0 Å². The van der Waals surface area contributed by atoms with Crippen LogP contribution >= 0.6 is 0 Å². The van der Waals surface area contributed by atoms with Crippen LogP contribution in [-0.2, 0) is 11.0 Å². The van der Waals surface area contributed by atoms with Crippen LogP contribution in [0.1, 0.15) is 33.3 Å². The van der Waals surface area contributed by atoms with Gasteiger partial charge in [-0.25, -0.2) is 0 Å². The van der Waals surface area contributed by atoms with Crippen LogP contribution in [0.2, 0.25) is 18.1 Å². The van der Waals surface area contributed by atoms with Crippen molar-refractivity contribution >= 4 is 8.32 Å². The molecular formula is C17H31NO2Si. The quantitative estimate of drug-likeness (QED) is 0.757. The molecule has 1 rings (SSSR count). The Kier molecular flexibility index (Phi) is 6.59. The van der Waals surface area contributed by atoms with Crippen LogP contribution < -0.4 is 5.32 Å². The minimum absolute atomic E-state index is 0.0423.